The van der Waals surface area contributed by atoms with Crippen LogP contribution in [-0.2, 0) is 11.2 Å². The number of H-pyrrole nitrogens is 2. The third-order valence-electron chi connectivity index (χ3n) is 6.95. The van der Waals surface area contributed by atoms with Crippen LogP contribution in [0.1, 0.15) is 5.56 Å². The Morgan fingerprint density at radius 3 is 2.64 bits per heavy atom. The lowest BCUT2D eigenvalue weighted by Crippen LogP contribution is -2.14. The Morgan fingerprint density at radius 1 is 0.905 bits per heavy atom. The highest BCUT2D eigenvalue weighted by atomic mass is 19.1. The molecule has 42 heavy (non-hydrogen) atoms. The minimum absolute atomic E-state index is 0.138. The van der Waals surface area contributed by atoms with Gasteiger partial charge >= 0.3 is 0 Å². The molecule has 0 aliphatic carbocycles. The Bertz CT molecular complexity index is 2080. The number of aromatic nitrogens is 6. The molecular weight excluding hydrogens is 533 g/mol. The van der Waals surface area contributed by atoms with Gasteiger partial charge < -0.3 is 15.4 Å². The van der Waals surface area contributed by atoms with E-state index in [-0.39, 0.29) is 18.1 Å². The van der Waals surface area contributed by atoms with Crippen LogP contribution in [0, 0.1) is 5.82 Å². The van der Waals surface area contributed by atoms with Crippen molar-refractivity contribution in [2.45, 2.75) is 6.42 Å². The SMILES string of the molecule is O=C(Cc1ccccc1)Nc1cncc(-c2cc3c(-c4cc5c(-c6cc(O)cc(F)c6)ccnc5[nH]4)n[nH]c3cn2)c1. The molecule has 9 nitrogen and oxygen atoms in total. The van der Waals surface area contributed by atoms with Crippen molar-refractivity contribution >= 4 is 33.5 Å². The number of carbonyl (C=O) groups is 1. The number of anilines is 1. The van der Waals surface area contributed by atoms with Crippen molar-refractivity contribution in [2.75, 3.05) is 5.32 Å². The quantitative estimate of drug-likeness (QED) is 0.192. The van der Waals surface area contributed by atoms with Gasteiger partial charge in [-0.3, -0.25) is 19.9 Å². The number of fused-ring (bicyclic) bond motifs is 2. The maximum atomic E-state index is 14.0. The molecule has 0 spiro atoms. The summed E-state index contributed by atoms with van der Waals surface area (Å²) in [5, 5.41) is 22.0. The van der Waals surface area contributed by atoms with Crippen molar-refractivity contribution in [3.8, 4) is 39.5 Å². The molecular formula is C32H22FN7O2. The van der Waals surface area contributed by atoms with Crippen molar-refractivity contribution in [2.24, 2.45) is 0 Å². The first-order chi connectivity index (χ1) is 20.5. The van der Waals surface area contributed by atoms with Gasteiger partial charge in [-0.05, 0) is 53.1 Å². The number of phenols is 1. The van der Waals surface area contributed by atoms with Gasteiger partial charge in [-0.1, -0.05) is 30.3 Å². The van der Waals surface area contributed by atoms with E-state index in [9.17, 15) is 14.3 Å². The molecule has 0 saturated carbocycles. The molecule has 1 amide bonds. The summed E-state index contributed by atoms with van der Waals surface area (Å²) in [6.45, 7) is 0. The largest absolute Gasteiger partial charge is 0.508 e. The van der Waals surface area contributed by atoms with Gasteiger partial charge in [0.1, 0.15) is 22.9 Å². The number of carbonyl (C=O) groups excluding carboxylic acids is 1. The highest BCUT2D eigenvalue weighted by molar-refractivity contribution is 6.00. The number of aromatic hydroxyl groups is 1. The monoisotopic (exact) mass is 555 g/mol. The maximum Gasteiger partial charge on any atom is 0.228 e. The minimum Gasteiger partial charge on any atom is -0.508 e. The Morgan fingerprint density at radius 2 is 1.79 bits per heavy atom. The van der Waals surface area contributed by atoms with Crippen molar-refractivity contribution in [1.82, 2.24) is 30.1 Å². The second-order valence-electron chi connectivity index (χ2n) is 9.86. The third-order valence-corrected chi connectivity index (χ3v) is 6.95. The fourth-order valence-electron chi connectivity index (χ4n) is 5.05. The van der Waals surface area contributed by atoms with E-state index < -0.39 is 5.82 Å². The van der Waals surface area contributed by atoms with Gasteiger partial charge in [0, 0.05) is 34.8 Å². The van der Waals surface area contributed by atoms with E-state index in [0.29, 0.717) is 34.0 Å². The summed E-state index contributed by atoms with van der Waals surface area (Å²) in [7, 11) is 0. The topological polar surface area (TPSA) is 132 Å². The average molecular weight is 556 g/mol. The molecule has 4 N–H and O–H groups in total. The molecule has 204 valence electrons. The van der Waals surface area contributed by atoms with E-state index in [0.717, 1.165) is 39.0 Å². The van der Waals surface area contributed by atoms with Gasteiger partial charge in [-0.2, -0.15) is 5.10 Å². The molecule has 7 rings (SSSR count). The van der Waals surface area contributed by atoms with Gasteiger partial charge in [0.25, 0.3) is 0 Å². The number of nitrogens with zero attached hydrogens (tertiary/aromatic N) is 4. The fraction of sp³-hybridized carbons (Fsp3) is 0.0312. The van der Waals surface area contributed by atoms with Crippen LogP contribution in [0.4, 0.5) is 10.1 Å². The van der Waals surface area contributed by atoms with Crippen LogP contribution in [0.3, 0.4) is 0 Å². The minimum atomic E-state index is -0.529. The summed E-state index contributed by atoms with van der Waals surface area (Å²) in [4.78, 5) is 29.2. The second-order valence-corrected chi connectivity index (χ2v) is 9.86. The predicted octanol–water partition coefficient (Wildman–Crippen LogP) is 6.26. The van der Waals surface area contributed by atoms with E-state index in [1.165, 1.54) is 12.1 Å². The van der Waals surface area contributed by atoms with E-state index in [1.807, 2.05) is 48.5 Å². The van der Waals surface area contributed by atoms with E-state index >= 15 is 0 Å². The molecule has 0 fully saturated rings. The average Bonchev–Trinajstić information content (AvgIpc) is 3.61. The maximum absolute atomic E-state index is 14.0. The molecule has 10 heteroatoms. The molecule has 0 unspecified atom stereocenters. The molecule has 0 bridgehead atoms. The first kappa shape index (κ1) is 25.1. The Balaban J connectivity index is 1.22. The van der Waals surface area contributed by atoms with Crippen LogP contribution in [0.5, 0.6) is 5.75 Å². The first-order valence-electron chi connectivity index (χ1n) is 13.1. The zero-order valence-corrected chi connectivity index (χ0v) is 22.0. The van der Waals surface area contributed by atoms with Crippen molar-refractivity contribution in [1.29, 1.82) is 0 Å². The number of hydrogen-bond donors (Lipinski definition) is 4. The van der Waals surface area contributed by atoms with E-state index in [2.05, 4.69) is 35.5 Å². The summed E-state index contributed by atoms with van der Waals surface area (Å²) in [6, 6.07) is 20.9. The summed E-state index contributed by atoms with van der Waals surface area (Å²) in [5.41, 5.74) is 6.82. The number of amides is 1. The number of halogens is 1. The Kier molecular flexibility index (Phi) is 6.12. The van der Waals surface area contributed by atoms with Crippen LogP contribution >= 0.6 is 0 Å². The van der Waals surface area contributed by atoms with Gasteiger partial charge in [0.05, 0.1) is 41.4 Å². The molecule has 0 aliphatic rings. The van der Waals surface area contributed by atoms with E-state index in [4.69, 9.17) is 0 Å². The first-order valence-corrected chi connectivity index (χ1v) is 13.1. The molecule has 5 aromatic heterocycles. The van der Waals surface area contributed by atoms with Crippen molar-refractivity contribution in [3.05, 3.63) is 109 Å². The highest BCUT2D eigenvalue weighted by Gasteiger charge is 2.16. The number of nitrogens with one attached hydrogen (secondary N) is 3. The number of benzene rings is 2. The lowest BCUT2D eigenvalue weighted by molar-refractivity contribution is -0.115. The Labute approximate surface area is 238 Å². The molecule has 7 aromatic rings. The lowest BCUT2D eigenvalue weighted by Gasteiger charge is -2.07. The highest BCUT2D eigenvalue weighted by Crippen LogP contribution is 2.35. The lowest BCUT2D eigenvalue weighted by atomic mass is 10.0. The van der Waals surface area contributed by atoms with Crippen LogP contribution in [0.15, 0.2) is 97.6 Å². The third kappa shape index (κ3) is 4.81. The van der Waals surface area contributed by atoms with E-state index in [1.54, 1.807) is 30.9 Å². The summed E-state index contributed by atoms with van der Waals surface area (Å²) < 4.78 is 14.0. The summed E-state index contributed by atoms with van der Waals surface area (Å²) in [6.07, 6.45) is 6.87. The second kappa shape index (κ2) is 10.3. The zero-order chi connectivity index (χ0) is 28.6. The van der Waals surface area contributed by atoms with Crippen LogP contribution in [-0.4, -0.2) is 41.1 Å². The molecule has 0 saturated heterocycles. The smallest absolute Gasteiger partial charge is 0.228 e. The predicted molar refractivity (Wildman–Crippen MR) is 158 cm³/mol. The molecule has 2 aromatic carbocycles. The van der Waals surface area contributed by atoms with Crippen LogP contribution in [0.25, 0.3) is 55.7 Å². The Hall–Kier alpha value is -5.90. The van der Waals surface area contributed by atoms with Crippen molar-refractivity contribution < 1.29 is 14.3 Å². The summed E-state index contributed by atoms with van der Waals surface area (Å²) >= 11 is 0. The van der Waals surface area contributed by atoms with Crippen LogP contribution in [0.2, 0.25) is 0 Å². The van der Waals surface area contributed by atoms with Gasteiger partial charge in [-0.25, -0.2) is 9.37 Å². The number of rotatable bonds is 6. The molecule has 0 atom stereocenters. The normalized spacial score (nSPS) is 11.3. The summed E-state index contributed by atoms with van der Waals surface area (Å²) in [5.74, 6) is -0.822. The molecule has 0 radical (unpaired) electrons. The standard InChI is InChI=1S/C32H22FN7O2/c33-21-9-19(11-23(41)12-21)24-6-7-35-32-25(24)13-28(38-32)31-26-14-27(36-17-29(26)39-40-31)20-10-22(16-34-15-20)37-30(42)8-18-4-2-1-3-5-18/h1-7,9-17,41H,8H2,(H,35,38)(H,37,42)(H,39,40). The number of aromatic amines is 2. The van der Waals surface area contributed by atoms with Gasteiger partial charge in [0.2, 0.25) is 5.91 Å². The van der Waals surface area contributed by atoms with Gasteiger partial charge in [0.15, 0.2) is 0 Å². The van der Waals surface area contributed by atoms with Crippen LogP contribution < -0.4 is 5.32 Å². The van der Waals surface area contributed by atoms with Gasteiger partial charge in [-0.15, -0.1) is 0 Å². The molecule has 0 aliphatic heterocycles. The van der Waals surface area contributed by atoms with Crippen molar-refractivity contribution in [3.63, 3.8) is 0 Å². The number of pyridine rings is 3. The molecule has 5 heterocycles. The number of hydrogen-bond acceptors (Lipinski definition) is 6. The number of phenolic OH excluding ortho intramolecular Hbond substituents is 1. The fourth-order valence-corrected chi connectivity index (χ4v) is 5.05. The zero-order valence-electron chi connectivity index (χ0n) is 22.0.